The fourth-order valence-electron chi connectivity index (χ4n) is 4.32. The average Bonchev–Trinajstić information content (AvgIpc) is 2.85. The van der Waals surface area contributed by atoms with Gasteiger partial charge in [-0.3, -0.25) is 28.8 Å². The molecule has 2 N–H and O–H groups in total. The van der Waals surface area contributed by atoms with Crippen molar-refractivity contribution < 1.29 is 9.72 Å². The Bertz CT molecular complexity index is 1500. The molecule has 1 aliphatic heterocycles. The molecule has 0 saturated carbocycles. The summed E-state index contributed by atoms with van der Waals surface area (Å²) in [5.74, 6) is -1.09. The molecule has 1 aliphatic rings. The normalized spacial score (nSPS) is 14.8. The molecular weight excluding hydrogens is 450 g/mol. The molecule has 0 spiro atoms. The van der Waals surface area contributed by atoms with Crippen molar-refractivity contribution in [3.8, 4) is 0 Å². The summed E-state index contributed by atoms with van der Waals surface area (Å²) in [5.41, 5.74) is 1.98. The van der Waals surface area contributed by atoms with Crippen LogP contribution in [0.1, 0.15) is 35.1 Å². The fraction of sp³-hybridized carbons (Fsp3) is 0.240. The number of hydrogen-bond donors (Lipinski definition) is 2. The molecule has 0 saturated heterocycles. The van der Waals surface area contributed by atoms with Crippen LogP contribution in [0.4, 0.5) is 11.5 Å². The minimum Gasteiger partial charge on any atom is -0.348 e. The molecule has 1 unspecified atom stereocenters. The summed E-state index contributed by atoms with van der Waals surface area (Å²) in [6.45, 7) is 3.91. The zero-order valence-corrected chi connectivity index (χ0v) is 19.8. The Labute approximate surface area is 200 Å². The number of nitro groups is 1. The number of benzene rings is 2. The standard InChI is InChI=1S/C25H25N5O5/c1-14-8-10-16(11-9-14)13-26-23(31)19-15(2)27-22-21(24(32)29(4)25(33)28(22)3)20(19)17-6-5-7-18(12-17)30(34)35/h5-12,20,27H,13H2,1-4H3,(H,26,31). The largest absolute Gasteiger partial charge is 0.348 e. The number of non-ortho nitro benzene ring substituents is 1. The van der Waals surface area contributed by atoms with Gasteiger partial charge in [0.05, 0.1) is 16.4 Å². The van der Waals surface area contributed by atoms with Gasteiger partial charge in [-0.25, -0.2) is 4.79 Å². The molecular formula is C25H25N5O5. The Morgan fingerprint density at radius 3 is 2.43 bits per heavy atom. The molecule has 0 aliphatic carbocycles. The Balaban J connectivity index is 1.87. The van der Waals surface area contributed by atoms with Gasteiger partial charge in [-0.05, 0) is 25.0 Å². The smallest absolute Gasteiger partial charge is 0.332 e. The fourth-order valence-corrected chi connectivity index (χ4v) is 4.32. The molecule has 0 bridgehead atoms. The molecule has 0 radical (unpaired) electrons. The summed E-state index contributed by atoms with van der Waals surface area (Å²) < 4.78 is 2.26. The van der Waals surface area contributed by atoms with Gasteiger partial charge >= 0.3 is 5.69 Å². The van der Waals surface area contributed by atoms with E-state index in [1.807, 2.05) is 31.2 Å². The highest BCUT2D eigenvalue weighted by Gasteiger charge is 2.37. The van der Waals surface area contributed by atoms with Crippen molar-refractivity contribution in [2.75, 3.05) is 5.32 Å². The number of rotatable bonds is 5. The third-order valence-electron chi connectivity index (χ3n) is 6.22. The lowest BCUT2D eigenvalue weighted by molar-refractivity contribution is -0.384. The molecule has 35 heavy (non-hydrogen) atoms. The maximum atomic E-state index is 13.5. The molecule has 180 valence electrons. The third-order valence-corrected chi connectivity index (χ3v) is 6.22. The van der Waals surface area contributed by atoms with Gasteiger partial charge in [0.2, 0.25) is 5.91 Å². The van der Waals surface area contributed by atoms with Crippen LogP contribution in [0.15, 0.2) is 69.4 Å². The van der Waals surface area contributed by atoms with Gasteiger partial charge in [-0.1, -0.05) is 42.0 Å². The summed E-state index contributed by atoms with van der Waals surface area (Å²) in [4.78, 5) is 50.3. The quantitative estimate of drug-likeness (QED) is 0.431. The van der Waals surface area contributed by atoms with E-state index in [2.05, 4.69) is 10.6 Å². The first kappa shape index (κ1) is 23.7. The minimum absolute atomic E-state index is 0.165. The number of aryl methyl sites for hydroxylation is 1. The lowest BCUT2D eigenvalue weighted by Gasteiger charge is -2.31. The third kappa shape index (κ3) is 4.25. The van der Waals surface area contributed by atoms with Gasteiger partial charge < -0.3 is 10.6 Å². The summed E-state index contributed by atoms with van der Waals surface area (Å²) in [7, 11) is 2.88. The summed E-state index contributed by atoms with van der Waals surface area (Å²) in [5, 5.41) is 17.4. The predicted octanol–water partition coefficient (Wildman–Crippen LogP) is 2.45. The average molecular weight is 476 g/mol. The van der Waals surface area contributed by atoms with E-state index in [1.165, 1.54) is 36.9 Å². The Hall–Kier alpha value is -4.47. The van der Waals surface area contributed by atoms with Crippen molar-refractivity contribution >= 4 is 17.4 Å². The summed E-state index contributed by atoms with van der Waals surface area (Å²) in [6, 6.07) is 13.6. The number of hydrogen-bond acceptors (Lipinski definition) is 6. The number of allylic oxidation sites excluding steroid dienone is 1. The van der Waals surface area contributed by atoms with E-state index in [9.17, 15) is 24.5 Å². The Morgan fingerprint density at radius 1 is 1.09 bits per heavy atom. The maximum Gasteiger partial charge on any atom is 0.332 e. The molecule has 1 aromatic heterocycles. The second-order valence-corrected chi connectivity index (χ2v) is 8.59. The van der Waals surface area contributed by atoms with Crippen LogP contribution in [0.2, 0.25) is 0 Å². The van der Waals surface area contributed by atoms with Crippen molar-refractivity contribution in [2.45, 2.75) is 26.3 Å². The number of amides is 1. The van der Waals surface area contributed by atoms with Crippen LogP contribution in [0, 0.1) is 17.0 Å². The zero-order chi connectivity index (χ0) is 25.4. The van der Waals surface area contributed by atoms with Crippen LogP contribution in [-0.4, -0.2) is 20.0 Å². The van der Waals surface area contributed by atoms with E-state index in [4.69, 9.17) is 0 Å². The molecule has 1 atom stereocenters. The van der Waals surface area contributed by atoms with E-state index in [1.54, 1.807) is 13.0 Å². The van der Waals surface area contributed by atoms with Crippen molar-refractivity contribution in [1.29, 1.82) is 0 Å². The van der Waals surface area contributed by atoms with Crippen molar-refractivity contribution in [2.24, 2.45) is 14.1 Å². The first-order valence-electron chi connectivity index (χ1n) is 11.0. The highest BCUT2D eigenvalue weighted by atomic mass is 16.6. The van der Waals surface area contributed by atoms with E-state index in [-0.39, 0.29) is 29.2 Å². The summed E-state index contributed by atoms with van der Waals surface area (Å²) >= 11 is 0. The predicted molar refractivity (Wildman–Crippen MR) is 131 cm³/mol. The number of aromatic nitrogens is 2. The maximum absolute atomic E-state index is 13.5. The van der Waals surface area contributed by atoms with Crippen LogP contribution >= 0.6 is 0 Å². The van der Waals surface area contributed by atoms with Gasteiger partial charge in [0.25, 0.3) is 11.2 Å². The number of carbonyl (C=O) groups excluding carboxylic acids is 1. The second-order valence-electron chi connectivity index (χ2n) is 8.59. The first-order chi connectivity index (χ1) is 16.6. The lowest BCUT2D eigenvalue weighted by Crippen LogP contribution is -2.44. The van der Waals surface area contributed by atoms with Crippen molar-refractivity contribution in [1.82, 2.24) is 14.5 Å². The monoisotopic (exact) mass is 475 g/mol. The van der Waals surface area contributed by atoms with E-state index in [0.29, 0.717) is 11.3 Å². The highest BCUT2D eigenvalue weighted by Crippen LogP contribution is 2.40. The molecule has 10 nitrogen and oxygen atoms in total. The number of nitrogens with zero attached hydrogens (tertiary/aromatic N) is 3. The Kier molecular flexibility index (Phi) is 6.12. The number of nitrogens with one attached hydrogen (secondary N) is 2. The number of anilines is 1. The van der Waals surface area contributed by atoms with E-state index >= 15 is 0 Å². The van der Waals surface area contributed by atoms with E-state index in [0.717, 1.165) is 15.7 Å². The molecule has 4 rings (SSSR count). The second kappa shape index (κ2) is 9.05. The summed E-state index contributed by atoms with van der Waals surface area (Å²) in [6.07, 6.45) is 0. The molecule has 1 amide bonds. The van der Waals surface area contributed by atoms with Crippen LogP contribution in [0.5, 0.6) is 0 Å². The molecule has 3 aromatic rings. The number of nitro benzene ring substituents is 1. The molecule has 10 heteroatoms. The van der Waals surface area contributed by atoms with Crippen LogP contribution in [0.3, 0.4) is 0 Å². The SMILES string of the molecule is CC1=C(C(=O)NCc2ccc(C)cc2)C(c2cccc([N+](=O)[O-])c2)c2c(n(C)c(=O)n(C)c2=O)N1. The lowest BCUT2D eigenvalue weighted by atomic mass is 9.81. The topological polar surface area (TPSA) is 128 Å². The van der Waals surface area contributed by atoms with Gasteiger partial charge in [0, 0.05) is 44.0 Å². The van der Waals surface area contributed by atoms with Gasteiger partial charge in [0.15, 0.2) is 0 Å². The van der Waals surface area contributed by atoms with Crippen LogP contribution in [-0.2, 0) is 25.4 Å². The zero-order valence-electron chi connectivity index (χ0n) is 19.8. The van der Waals surface area contributed by atoms with Gasteiger partial charge in [0.1, 0.15) is 5.82 Å². The molecule has 0 fully saturated rings. The number of carbonyl (C=O) groups is 1. The number of fused-ring (bicyclic) bond motifs is 1. The Morgan fingerprint density at radius 2 is 1.77 bits per heavy atom. The van der Waals surface area contributed by atoms with Crippen LogP contribution in [0.25, 0.3) is 0 Å². The highest BCUT2D eigenvalue weighted by molar-refractivity contribution is 5.98. The van der Waals surface area contributed by atoms with Crippen LogP contribution < -0.4 is 21.9 Å². The minimum atomic E-state index is -0.922. The van der Waals surface area contributed by atoms with Crippen molar-refractivity contribution in [3.63, 3.8) is 0 Å². The molecule has 2 heterocycles. The van der Waals surface area contributed by atoms with Crippen molar-refractivity contribution in [3.05, 3.63) is 113 Å². The van der Waals surface area contributed by atoms with E-state index < -0.39 is 28.0 Å². The van der Waals surface area contributed by atoms with Gasteiger partial charge in [-0.2, -0.15) is 0 Å². The first-order valence-corrected chi connectivity index (χ1v) is 11.0. The molecule has 2 aromatic carbocycles. The van der Waals surface area contributed by atoms with Gasteiger partial charge in [-0.15, -0.1) is 0 Å².